The van der Waals surface area contributed by atoms with E-state index in [1.807, 2.05) is 12.1 Å². The number of nitrogens with zero attached hydrogens (tertiary/aromatic N) is 4. The number of aryl methyl sites for hydroxylation is 1. The maximum absolute atomic E-state index is 12.6. The summed E-state index contributed by atoms with van der Waals surface area (Å²) in [6.45, 7) is 4.46. The van der Waals surface area contributed by atoms with E-state index in [4.69, 9.17) is 25.0 Å². The summed E-state index contributed by atoms with van der Waals surface area (Å²) in [5.74, 6) is 3.47. The lowest BCUT2D eigenvalue weighted by Crippen LogP contribution is -2.45. The number of rotatable bonds is 9. The van der Waals surface area contributed by atoms with Gasteiger partial charge in [0.15, 0.2) is 11.5 Å². The number of nitrogens with two attached hydrogens (primary N) is 1. The van der Waals surface area contributed by atoms with Gasteiger partial charge in [0.1, 0.15) is 30.0 Å². The summed E-state index contributed by atoms with van der Waals surface area (Å²) >= 11 is 0. The van der Waals surface area contributed by atoms with Gasteiger partial charge in [-0.2, -0.15) is 0 Å². The van der Waals surface area contributed by atoms with E-state index in [0.717, 1.165) is 31.6 Å². The fourth-order valence-corrected chi connectivity index (χ4v) is 9.59. The number of fused-ring (bicyclic) bond motifs is 6. The largest absolute Gasteiger partial charge is 0.508 e. The molecule has 2 heterocycles. The zero-order valence-electron chi connectivity index (χ0n) is 28.0. The van der Waals surface area contributed by atoms with Gasteiger partial charge in [0.25, 0.3) is 0 Å². The maximum atomic E-state index is 12.6. The Bertz CT molecular complexity index is 1640. The molecule has 3 fully saturated rings. The molecule has 1 aromatic carbocycles. The number of aromatic nitrogens is 4. The Morgan fingerprint density at radius 3 is 2.69 bits per heavy atom. The number of phenolic OH excluding ortho intramolecular Hbond substituents is 1. The minimum atomic E-state index is -4.16. The molecule has 0 radical (unpaired) electrons. The molecule has 2 aromatic heterocycles. The van der Waals surface area contributed by atoms with Crippen molar-refractivity contribution in [3.8, 4) is 5.75 Å². The van der Waals surface area contributed by atoms with Crippen LogP contribution in [0.25, 0.3) is 11.2 Å². The van der Waals surface area contributed by atoms with Gasteiger partial charge in [-0.1, -0.05) is 38.7 Å². The molecular weight excluding hydrogens is 633 g/mol. The average molecular weight is 684 g/mol. The number of benzene rings is 1. The quantitative estimate of drug-likeness (QED) is 0.151. The Labute approximate surface area is 282 Å². The van der Waals surface area contributed by atoms with Gasteiger partial charge in [0.2, 0.25) is 0 Å². The fourth-order valence-electron chi connectivity index (χ4n) is 9.14. The standard InChI is InChI=1S/C26H36O3.C9H14N5O4P/c1-26-15-14-21-20-10-8-19(27)16-18(20)7-9-22(21)23(26)11-12-24(26)29-25(28)13-6-17-4-2-3-5-17;1-6(18-5-19(15,16)17)2-14-4-13-7-8(10)11-3-12-9(7)14/h8,10,16-17,21-24,27H,2-7,9,11-15H2,1H3;3-4,6H,2,5H2,1H3,(H2,10,11,12)(H2,15,16,17)/t21-,22-,23+,24+,26+;6-/m11/s1. The zero-order chi connectivity index (χ0) is 34.1. The topological polar surface area (TPSA) is 183 Å². The number of nitrogen functional groups attached to an aromatic ring is 1. The molecule has 5 N–H and O–H groups in total. The van der Waals surface area contributed by atoms with Crippen LogP contribution in [0, 0.1) is 23.2 Å². The first-order valence-electron chi connectivity index (χ1n) is 17.5. The first-order valence-corrected chi connectivity index (χ1v) is 19.3. The minimum absolute atomic E-state index is 0.0513. The van der Waals surface area contributed by atoms with E-state index in [0.29, 0.717) is 47.6 Å². The van der Waals surface area contributed by atoms with Gasteiger partial charge < -0.3 is 34.7 Å². The number of phenols is 1. The number of anilines is 1. The van der Waals surface area contributed by atoms with Gasteiger partial charge in [-0.25, -0.2) is 15.0 Å². The summed E-state index contributed by atoms with van der Waals surface area (Å²) in [5.41, 5.74) is 9.67. The van der Waals surface area contributed by atoms with Crippen LogP contribution >= 0.6 is 7.60 Å². The van der Waals surface area contributed by atoms with E-state index >= 15 is 0 Å². The van der Waals surface area contributed by atoms with Crippen molar-refractivity contribution < 1.29 is 33.7 Å². The minimum Gasteiger partial charge on any atom is -0.508 e. The molecule has 0 spiro atoms. The molecule has 0 unspecified atom stereocenters. The lowest BCUT2D eigenvalue weighted by atomic mass is 9.55. The Balaban J connectivity index is 0.000000184. The third-order valence-electron chi connectivity index (χ3n) is 11.5. The third-order valence-corrected chi connectivity index (χ3v) is 12.0. The number of carbonyl (C=O) groups is 1. The number of esters is 1. The number of hydrogen-bond donors (Lipinski definition) is 4. The highest BCUT2D eigenvalue weighted by Gasteiger charge is 2.56. The van der Waals surface area contributed by atoms with Crippen molar-refractivity contribution in [2.45, 2.75) is 116 Å². The van der Waals surface area contributed by atoms with Crippen molar-refractivity contribution >= 4 is 30.5 Å². The van der Waals surface area contributed by atoms with E-state index in [1.165, 1.54) is 68.7 Å². The first-order chi connectivity index (χ1) is 22.9. The SMILES string of the molecule is C[C@H](Cn1cnc2c(N)ncnc21)OCP(=O)(O)O.C[C@]12CC[C@@H]3c4ccc(O)cc4CC[C@H]3[C@@H]1CC[C@@H]2OC(=O)CCC1CCCC1. The van der Waals surface area contributed by atoms with Crippen LogP contribution in [0.2, 0.25) is 0 Å². The van der Waals surface area contributed by atoms with Crippen molar-refractivity contribution in [1.29, 1.82) is 0 Å². The number of ether oxygens (including phenoxy) is 2. The highest BCUT2D eigenvalue weighted by molar-refractivity contribution is 7.51. The molecule has 262 valence electrons. The van der Waals surface area contributed by atoms with Gasteiger partial charge in [0.05, 0.1) is 19.0 Å². The molecule has 4 aliphatic rings. The van der Waals surface area contributed by atoms with E-state index in [2.05, 4.69) is 27.9 Å². The second-order valence-electron chi connectivity index (χ2n) is 14.7. The Kier molecular flexibility index (Phi) is 10.5. The monoisotopic (exact) mass is 683 g/mol. The molecular formula is C35H50N5O7P. The predicted molar refractivity (Wildman–Crippen MR) is 181 cm³/mol. The van der Waals surface area contributed by atoms with Crippen molar-refractivity contribution in [3.05, 3.63) is 42.0 Å². The normalized spacial score (nSPS) is 27.4. The van der Waals surface area contributed by atoms with Crippen LogP contribution in [0.3, 0.4) is 0 Å². The van der Waals surface area contributed by atoms with Gasteiger partial charge in [-0.05, 0) is 98.8 Å². The fraction of sp³-hybridized carbons (Fsp3) is 0.657. The summed E-state index contributed by atoms with van der Waals surface area (Å²) in [6.07, 6.45) is 15.8. The molecule has 12 nitrogen and oxygen atoms in total. The highest BCUT2D eigenvalue weighted by atomic mass is 31.2. The lowest BCUT2D eigenvalue weighted by molar-refractivity contribution is -0.158. The van der Waals surface area contributed by atoms with Crippen molar-refractivity contribution in [1.82, 2.24) is 19.5 Å². The molecule has 7 rings (SSSR count). The summed E-state index contributed by atoms with van der Waals surface area (Å²) in [7, 11) is -4.16. The molecule has 6 atom stereocenters. The third kappa shape index (κ3) is 7.72. The van der Waals surface area contributed by atoms with Gasteiger partial charge in [-0.3, -0.25) is 9.36 Å². The van der Waals surface area contributed by atoms with Crippen LogP contribution in [-0.4, -0.2) is 58.9 Å². The summed E-state index contributed by atoms with van der Waals surface area (Å²) < 4.78 is 23.6. The second kappa shape index (κ2) is 14.4. The van der Waals surface area contributed by atoms with Crippen molar-refractivity contribution in [2.24, 2.45) is 23.2 Å². The Hall–Kier alpha value is -3.05. The summed E-state index contributed by atoms with van der Waals surface area (Å²) in [6, 6.07) is 6.00. The smallest absolute Gasteiger partial charge is 0.350 e. The number of aromatic hydroxyl groups is 1. The Morgan fingerprint density at radius 2 is 1.92 bits per heavy atom. The molecule has 4 aliphatic carbocycles. The number of imidazole rings is 1. The summed E-state index contributed by atoms with van der Waals surface area (Å²) in [4.78, 5) is 42.0. The average Bonchev–Trinajstić information content (AvgIpc) is 3.79. The van der Waals surface area contributed by atoms with Gasteiger partial charge in [-0.15, -0.1) is 0 Å². The molecule has 3 aromatic rings. The van der Waals surface area contributed by atoms with E-state index in [9.17, 15) is 14.5 Å². The Morgan fingerprint density at radius 1 is 1.12 bits per heavy atom. The number of hydrogen-bond acceptors (Lipinski definition) is 9. The highest BCUT2D eigenvalue weighted by Crippen LogP contribution is 2.61. The van der Waals surface area contributed by atoms with E-state index < -0.39 is 20.0 Å². The molecule has 0 amide bonds. The van der Waals surface area contributed by atoms with Crippen LogP contribution in [0.5, 0.6) is 5.75 Å². The van der Waals surface area contributed by atoms with E-state index in [1.54, 1.807) is 11.5 Å². The summed E-state index contributed by atoms with van der Waals surface area (Å²) in [5, 5.41) is 9.86. The number of carbonyl (C=O) groups excluding carboxylic acids is 1. The van der Waals surface area contributed by atoms with Crippen LogP contribution in [0.4, 0.5) is 5.82 Å². The van der Waals surface area contributed by atoms with Crippen LogP contribution < -0.4 is 5.73 Å². The second-order valence-corrected chi connectivity index (χ2v) is 16.3. The zero-order valence-corrected chi connectivity index (χ0v) is 28.9. The molecule has 0 saturated heterocycles. The van der Waals surface area contributed by atoms with Crippen LogP contribution in [0.15, 0.2) is 30.9 Å². The van der Waals surface area contributed by atoms with Crippen LogP contribution in [-0.2, 0) is 31.8 Å². The maximum Gasteiger partial charge on any atom is 0.350 e. The van der Waals surface area contributed by atoms with Crippen LogP contribution in [0.1, 0.15) is 102 Å². The molecule has 13 heteroatoms. The molecule has 0 bridgehead atoms. The predicted octanol–water partition coefficient (Wildman–Crippen LogP) is 6.08. The molecule has 3 saturated carbocycles. The van der Waals surface area contributed by atoms with Gasteiger partial charge in [0, 0.05) is 11.8 Å². The lowest BCUT2D eigenvalue weighted by Gasteiger charge is -2.50. The van der Waals surface area contributed by atoms with Gasteiger partial charge >= 0.3 is 13.6 Å². The first kappa shape index (κ1) is 34.8. The molecule has 48 heavy (non-hydrogen) atoms. The van der Waals surface area contributed by atoms with E-state index in [-0.39, 0.29) is 23.3 Å². The molecule has 0 aliphatic heterocycles. The van der Waals surface area contributed by atoms with Crippen molar-refractivity contribution in [2.75, 3.05) is 12.1 Å². The van der Waals surface area contributed by atoms with Crippen molar-refractivity contribution in [3.63, 3.8) is 0 Å².